The van der Waals surface area contributed by atoms with Crippen molar-refractivity contribution in [2.45, 2.75) is 11.7 Å². The standard InChI is InChI=1S/C12H11N3OS/c13-11-10(16)9(8-4-2-1-3-5-8)14-12-15(11)6-7-17-12/h1-5,13,16H,6-7H2. The van der Waals surface area contributed by atoms with Crippen molar-refractivity contribution in [1.29, 1.82) is 5.41 Å². The largest absolute Gasteiger partial charge is 0.503 e. The molecule has 0 saturated carbocycles. The van der Waals surface area contributed by atoms with Crippen molar-refractivity contribution >= 4 is 11.8 Å². The van der Waals surface area contributed by atoms with E-state index < -0.39 is 0 Å². The molecule has 0 fully saturated rings. The summed E-state index contributed by atoms with van der Waals surface area (Å²) in [5.41, 5.74) is 1.49. The van der Waals surface area contributed by atoms with E-state index in [0.29, 0.717) is 5.69 Å². The number of aromatic nitrogens is 2. The molecule has 4 nitrogen and oxygen atoms in total. The van der Waals surface area contributed by atoms with E-state index >= 15 is 0 Å². The van der Waals surface area contributed by atoms with Crippen molar-refractivity contribution in [1.82, 2.24) is 9.55 Å². The Morgan fingerprint density at radius 1 is 1.29 bits per heavy atom. The molecule has 1 aliphatic rings. The fourth-order valence-electron chi connectivity index (χ4n) is 1.89. The highest BCUT2D eigenvalue weighted by molar-refractivity contribution is 7.99. The van der Waals surface area contributed by atoms with Crippen LogP contribution in [-0.4, -0.2) is 20.4 Å². The van der Waals surface area contributed by atoms with Crippen LogP contribution in [0.15, 0.2) is 35.5 Å². The summed E-state index contributed by atoms with van der Waals surface area (Å²) in [6, 6.07) is 9.48. The van der Waals surface area contributed by atoms with Crippen molar-refractivity contribution in [3.8, 4) is 17.0 Å². The first-order valence-electron chi connectivity index (χ1n) is 5.34. The summed E-state index contributed by atoms with van der Waals surface area (Å²) in [6.45, 7) is 0.745. The van der Waals surface area contributed by atoms with Crippen LogP contribution in [0.3, 0.4) is 0 Å². The van der Waals surface area contributed by atoms with Crippen molar-refractivity contribution in [3.63, 3.8) is 0 Å². The molecule has 0 aliphatic carbocycles. The summed E-state index contributed by atoms with van der Waals surface area (Å²) in [5, 5.41) is 18.8. The number of nitrogens with one attached hydrogen (secondary N) is 1. The van der Waals surface area contributed by atoms with Gasteiger partial charge in [-0.15, -0.1) is 0 Å². The molecule has 0 radical (unpaired) electrons. The highest BCUT2D eigenvalue weighted by atomic mass is 32.2. The van der Waals surface area contributed by atoms with Gasteiger partial charge in [0, 0.05) is 17.9 Å². The lowest BCUT2D eigenvalue weighted by Gasteiger charge is -2.08. The van der Waals surface area contributed by atoms with E-state index in [1.807, 2.05) is 30.3 Å². The summed E-state index contributed by atoms with van der Waals surface area (Å²) >= 11 is 1.62. The van der Waals surface area contributed by atoms with E-state index in [1.165, 1.54) is 0 Å². The number of hydrogen-bond donors (Lipinski definition) is 2. The van der Waals surface area contributed by atoms with Crippen LogP contribution in [0.25, 0.3) is 11.3 Å². The molecule has 0 unspecified atom stereocenters. The Bertz CT molecular complexity index is 622. The maximum atomic E-state index is 10.0. The van der Waals surface area contributed by atoms with E-state index in [4.69, 9.17) is 5.41 Å². The van der Waals surface area contributed by atoms with Crippen molar-refractivity contribution in [2.75, 3.05) is 5.75 Å². The van der Waals surface area contributed by atoms with E-state index in [-0.39, 0.29) is 11.2 Å². The lowest BCUT2D eigenvalue weighted by molar-refractivity contribution is 0.443. The Kier molecular flexibility index (Phi) is 2.40. The zero-order valence-corrected chi connectivity index (χ0v) is 9.87. The first-order valence-corrected chi connectivity index (χ1v) is 6.32. The number of rotatable bonds is 1. The minimum Gasteiger partial charge on any atom is -0.503 e. The molecule has 0 amide bonds. The number of nitrogens with zero attached hydrogens (tertiary/aromatic N) is 2. The van der Waals surface area contributed by atoms with Crippen LogP contribution in [0.5, 0.6) is 5.75 Å². The van der Waals surface area contributed by atoms with Crippen LogP contribution in [0, 0.1) is 5.41 Å². The quantitative estimate of drug-likeness (QED) is 0.754. The lowest BCUT2D eigenvalue weighted by atomic mass is 10.1. The number of fused-ring (bicyclic) bond motifs is 1. The van der Waals surface area contributed by atoms with Crippen LogP contribution >= 0.6 is 11.8 Å². The third kappa shape index (κ3) is 1.63. The topological polar surface area (TPSA) is 61.9 Å². The van der Waals surface area contributed by atoms with Crippen LogP contribution in [0.1, 0.15) is 0 Å². The van der Waals surface area contributed by atoms with Crippen molar-refractivity contribution < 1.29 is 5.11 Å². The van der Waals surface area contributed by atoms with Crippen molar-refractivity contribution in [3.05, 3.63) is 35.8 Å². The van der Waals surface area contributed by atoms with Gasteiger partial charge in [-0.05, 0) is 0 Å². The van der Waals surface area contributed by atoms with Crippen LogP contribution in [-0.2, 0) is 6.54 Å². The Hall–Kier alpha value is -1.75. The maximum absolute atomic E-state index is 10.0. The molecule has 2 heterocycles. The second-order valence-corrected chi connectivity index (χ2v) is 4.87. The molecule has 1 aromatic carbocycles. The Morgan fingerprint density at radius 2 is 2.06 bits per heavy atom. The van der Waals surface area contributed by atoms with Gasteiger partial charge in [0.15, 0.2) is 16.4 Å². The van der Waals surface area contributed by atoms with Gasteiger partial charge in [-0.3, -0.25) is 5.41 Å². The average molecular weight is 245 g/mol. The normalized spacial score (nSPS) is 13.6. The molecule has 86 valence electrons. The highest BCUT2D eigenvalue weighted by Crippen LogP contribution is 2.29. The molecule has 2 N–H and O–H groups in total. The van der Waals surface area contributed by atoms with Gasteiger partial charge in [-0.25, -0.2) is 4.98 Å². The number of benzene rings is 1. The van der Waals surface area contributed by atoms with Gasteiger partial charge in [-0.2, -0.15) is 0 Å². The molecule has 17 heavy (non-hydrogen) atoms. The fraction of sp³-hybridized carbons (Fsp3) is 0.167. The first-order chi connectivity index (χ1) is 8.27. The minimum atomic E-state index is -0.0394. The second-order valence-electron chi connectivity index (χ2n) is 3.81. The Balaban J connectivity index is 2.26. The van der Waals surface area contributed by atoms with Gasteiger partial charge in [-0.1, -0.05) is 42.1 Å². The van der Waals surface area contributed by atoms with Crippen LogP contribution in [0.2, 0.25) is 0 Å². The van der Waals surface area contributed by atoms with Gasteiger partial charge in [0.05, 0.1) is 0 Å². The molecule has 0 bridgehead atoms. The molecule has 1 aliphatic heterocycles. The van der Waals surface area contributed by atoms with Crippen LogP contribution < -0.4 is 5.49 Å². The average Bonchev–Trinajstić information content (AvgIpc) is 2.83. The third-order valence-corrected chi connectivity index (χ3v) is 3.71. The van der Waals surface area contributed by atoms with Crippen molar-refractivity contribution in [2.24, 2.45) is 0 Å². The minimum absolute atomic E-state index is 0.0394. The SMILES string of the molecule is N=c1c(O)c(-c2ccccc2)nc2n1CCS2. The monoisotopic (exact) mass is 245 g/mol. The van der Waals surface area contributed by atoms with Gasteiger partial charge in [0.25, 0.3) is 0 Å². The maximum Gasteiger partial charge on any atom is 0.185 e. The van der Waals surface area contributed by atoms with E-state index in [0.717, 1.165) is 23.0 Å². The molecule has 5 heteroatoms. The van der Waals surface area contributed by atoms with E-state index in [9.17, 15) is 5.11 Å². The summed E-state index contributed by atoms with van der Waals surface area (Å²) < 4.78 is 1.74. The molecule has 0 saturated heterocycles. The Morgan fingerprint density at radius 3 is 2.82 bits per heavy atom. The molecular weight excluding hydrogens is 234 g/mol. The molecule has 0 atom stereocenters. The molecular formula is C12H11N3OS. The first kappa shape index (κ1) is 10.4. The third-order valence-electron chi connectivity index (χ3n) is 2.75. The molecule has 2 aromatic rings. The molecule has 3 rings (SSSR count). The second kappa shape index (κ2) is 3.92. The van der Waals surface area contributed by atoms with Gasteiger partial charge in [0.2, 0.25) is 0 Å². The van der Waals surface area contributed by atoms with E-state index in [1.54, 1.807) is 16.3 Å². The van der Waals surface area contributed by atoms with Gasteiger partial charge < -0.3 is 9.67 Å². The Labute approximate surface area is 102 Å². The molecule has 1 aromatic heterocycles. The highest BCUT2D eigenvalue weighted by Gasteiger charge is 2.18. The summed E-state index contributed by atoms with van der Waals surface area (Å²) in [5.74, 6) is 0.874. The predicted molar refractivity (Wildman–Crippen MR) is 65.9 cm³/mol. The summed E-state index contributed by atoms with van der Waals surface area (Å²) in [6.07, 6.45) is 0. The predicted octanol–water partition coefficient (Wildman–Crippen LogP) is 1.84. The zero-order valence-electron chi connectivity index (χ0n) is 9.05. The zero-order chi connectivity index (χ0) is 11.8. The van der Waals surface area contributed by atoms with E-state index in [2.05, 4.69) is 4.98 Å². The van der Waals surface area contributed by atoms with Gasteiger partial charge >= 0.3 is 0 Å². The lowest BCUT2D eigenvalue weighted by Crippen LogP contribution is -2.20. The summed E-state index contributed by atoms with van der Waals surface area (Å²) in [4.78, 5) is 4.44. The molecule has 0 spiro atoms. The smallest absolute Gasteiger partial charge is 0.185 e. The number of aromatic hydroxyl groups is 1. The fourth-order valence-corrected chi connectivity index (χ4v) is 2.84. The number of hydrogen-bond acceptors (Lipinski definition) is 4. The number of thioether (sulfide) groups is 1. The van der Waals surface area contributed by atoms with Gasteiger partial charge in [0.1, 0.15) is 5.69 Å². The summed E-state index contributed by atoms with van der Waals surface area (Å²) in [7, 11) is 0. The van der Waals surface area contributed by atoms with Crippen LogP contribution in [0.4, 0.5) is 0 Å².